The topological polar surface area (TPSA) is 49.3 Å². The Morgan fingerprint density at radius 2 is 2.00 bits per heavy atom. The highest BCUT2D eigenvalue weighted by molar-refractivity contribution is 5.80. The summed E-state index contributed by atoms with van der Waals surface area (Å²) in [6, 6.07) is 7.79. The standard InChI is InChI=1S/C15H21NO2/c1-3-15(14(17)18,16-10-12-6-7-12)13-8-4-11(2)5-9-13/h4-5,8-9,12,16H,3,6-7,10H2,1-2H3,(H,17,18). The van der Waals surface area contributed by atoms with Gasteiger partial charge in [-0.25, -0.2) is 4.79 Å². The number of hydrogen-bond acceptors (Lipinski definition) is 2. The summed E-state index contributed by atoms with van der Waals surface area (Å²) in [4.78, 5) is 11.7. The smallest absolute Gasteiger partial charge is 0.328 e. The van der Waals surface area contributed by atoms with E-state index in [0.29, 0.717) is 12.3 Å². The van der Waals surface area contributed by atoms with Crippen molar-refractivity contribution in [1.29, 1.82) is 0 Å². The minimum Gasteiger partial charge on any atom is -0.480 e. The maximum atomic E-state index is 11.7. The van der Waals surface area contributed by atoms with Gasteiger partial charge in [0.15, 0.2) is 0 Å². The first kappa shape index (κ1) is 13.1. The molecule has 1 unspecified atom stereocenters. The number of benzene rings is 1. The van der Waals surface area contributed by atoms with Crippen LogP contribution in [0.1, 0.15) is 37.3 Å². The van der Waals surface area contributed by atoms with Crippen LogP contribution in [-0.4, -0.2) is 17.6 Å². The molecule has 1 saturated carbocycles. The largest absolute Gasteiger partial charge is 0.480 e. The first-order valence-electron chi connectivity index (χ1n) is 6.64. The fraction of sp³-hybridized carbons (Fsp3) is 0.533. The van der Waals surface area contributed by atoms with E-state index in [1.54, 1.807) is 0 Å². The highest BCUT2D eigenvalue weighted by atomic mass is 16.4. The van der Waals surface area contributed by atoms with Crippen LogP contribution in [0.2, 0.25) is 0 Å². The maximum Gasteiger partial charge on any atom is 0.328 e. The van der Waals surface area contributed by atoms with Crippen LogP contribution < -0.4 is 5.32 Å². The lowest BCUT2D eigenvalue weighted by atomic mass is 9.86. The van der Waals surface area contributed by atoms with E-state index in [9.17, 15) is 9.90 Å². The zero-order valence-electron chi connectivity index (χ0n) is 11.1. The molecule has 0 saturated heterocycles. The van der Waals surface area contributed by atoms with Gasteiger partial charge in [-0.3, -0.25) is 5.32 Å². The average Bonchev–Trinajstić information content (AvgIpc) is 3.16. The van der Waals surface area contributed by atoms with Gasteiger partial charge in [0, 0.05) is 0 Å². The SMILES string of the molecule is CCC(NCC1CC1)(C(=O)O)c1ccc(C)cc1. The summed E-state index contributed by atoms with van der Waals surface area (Å²) in [5.74, 6) is -0.116. The van der Waals surface area contributed by atoms with E-state index in [1.165, 1.54) is 12.8 Å². The summed E-state index contributed by atoms with van der Waals surface area (Å²) in [6.07, 6.45) is 3.00. The van der Waals surface area contributed by atoms with Crippen LogP contribution in [0.15, 0.2) is 24.3 Å². The van der Waals surface area contributed by atoms with Gasteiger partial charge >= 0.3 is 5.97 Å². The van der Waals surface area contributed by atoms with Crippen LogP contribution in [0.25, 0.3) is 0 Å². The van der Waals surface area contributed by atoms with Crippen molar-refractivity contribution in [2.75, 3.05) is 6.54 Å². The van der Waals surface area contributed by atoms with Crippen LogP contribution in [0.5, 0.6) is 0 Å². The molecule has 1 aromatic carbocycles. The van der Waals surface area contributed by atoms with E-state index >= 15 is 0 Å². The molecule has 18 heavy (non-hydrogen) atoms. The summed E-state index contributed by atoms with van der Waals surface area (Å²) >= 11 is 0. The van der Waals surface area contributed by atoms with Crippen molar-refractivity contribution in [3.8, 4) is 0 Å². The number of aryl methyl sites for hydroxylation is 1. The highest BCUT2D eigenvalue weighted by Crippen LogP contribution is 2.31. The minimum absolute atomic E-state index is 0.554. The fourth-order valence-electron chi connectivity index (χ4n) is 2.26. The predicted octanol–water partition coefficient (Wildman–Crippen LogP) is 2.68. The summed E-state index contributed by atoms with van der Waals surface area (Å²) in [6.45, 7) is 4.73. The molecule has 3 heteroatoms. The average molecular weight is 247 g/mol. The Kier molecular flexibility index (Phi) is 3.71. The van der Waals surface area contributed by atoms with Crippen molar-refractivity contribution in [2.45, 2.75) is 38.6 Å². The zero-order chi connectivity index (χ0) is 13.2. The van der Waals surface area contributed by atoms with Crippen LogP contribution in [0, 0.1) is 12.8 Å². The Labute approximate surface area is 108 Å². The number of rotatable bonds is 6. The van der Waals surface area contributed by atoms with Gasteiger partial charge in [0.25, 0.3) is 0 Å². The molecule has 0 spiro atoms. The van der Waals surface area contributed by atoms with E-state index < -0.39 is 11.5 Å². The van der Waals surface area contributed by atoms with Gasteiger partial charge < -0.3 is 5.11 Å². The Morgan fingerprint density at radius 3 is 2.44 bits per heavy atom. The molecule has 0 radical (unpaired) electrons. The molecule has 0 aliphatic heterocycles. The second-order valence-corrected chi connectivity index (χ2v) is 5.25. The minimum atomic E-state index is -0.934. The van der Waals surface area contributed by atoms with Crippen molar-refractivity contribution in [3.05, 3.63) is 35.4 Å². The third-order valence-corrected chi connectivity index (χ3v) is 3.83. The second-order valence-electron chi connectivity index (χ2n) is 5.25. The van der Waals surface area contributed by atoms with Gasteiger partial charge in [-0.2, -0.15) is 0 Å². The Balaban J connectivity index is 2.26. The lowest BCUT2D eigenvalue weighted by molar-refractivity contribution is -0.145. The van der Waals surface area contributed by atoms with Gasteiger partial charge in [-0.15, -0.1) is 0 Å². The molecule has 1 fully saturated rings. The van der Waals surface area contributed by atoms with E-state index in [-0.39, 0.29) is 0 Å². The molecule has 1 aromatic rings. The number of aliphatic carboxylic acids is 1. The first-order chi connectivity index (χ1) is 8.58. The van der Waals surface area contributed by atoms with Gasteiger partial charge in [0.1, 0.15) is 5.54 Å². The number of carbonyl (C=O) groups is 1. The van der Waals surface area contributed by atoms with Gasteiger partial charge in [-0.1, -0.05) is 36.8 Å². The molecule has 1 aliphatic rings. The quantitative estimate of drug-likeness (QED) is 0.812. The van der Waals surface area contributed by atoms with Gasteiger partial charge in [0.05, 0.1) is 0 Å². The van der Waals surface area contributed by atoms with E-state index in [1.807, 2.05) is 38.1 Å². The van der Waals surface area contributed by atoms with E-state index in [4.69, 9.17) is 0 Å². The lowest BCUT2D eigenvalue weighted by Gasteiger charge is -2.30. The molecule has 3 nitrogen and oxygen atoms in total. The molecule has 0 heterocycles. The van der Waals surface area contributed by atoms with Crippen LogP contribution in [0.3, 0.4) is 0 Å². The lowest BCUT2D eigenvalue weighted by Crippen LogP contribution is -2.49. The molecule has 2 rings (SSSR count). The fourth-order valence-corrected chi connectivity index (χ4v) is 2.26. The molecule has 1 aliphatic carbocycles. The van der Waals surface area contributed by atoms with Crippen molar-refractivity contribution in [1.82, 2.24) is 5.32 Å². The van der Waals surface area contributed by atoms with Crippen LogP contribution >= 0.6 is 0 Å². The maximum absolute atomic E-state index is 11.7. The Morgan fingerprint density at radius 1 is 1.39 bits per heavy atom. The van der Waals surface area contributed by atoms with Crippen molar-refractivity contribution < 1.29 is 9.90 Å². The predicted molar refractivity (Wildman–Crippen MR) is 71.5 cm³/mol. The number of carboxylic acids is 1. The summed E-state index contributed by atoms with van der Waals surface area (Å²) < 4.78 is 0. The Bertz CT molecular complexity index is 423. The van der Waals surface area contributed by atoms with E-state index in [2.05, 4.69) is 5.32 Å². The monoisotopic (exact) mass is 247 g/mol. The summed E-state index contributed by atoms with van der Waals surface area (Å²) in [7, 11) is 0. The molecular formula is C15H21NO2. The molecule has 0 aromatic heterocycles. The third kappa shape index (κ3) is 2.56. The van der Waals surface area contributed by atoms with Gasteiger partial charge in [0.2, 0.25) is 0 Å². The zero-order valence-corrected chi connectivity index (χ0v) is 11.1. The second kappa shape index (κ2) is 5.11. The molecule has 1 atom stereocenters. The van der Waals surface area contributed by atoms with Crippen molar-refractivity contribution in [3.63, 3.8) is 0 Å². The number of nitrogens with one attached hydrogen (secondary N) is 1. The number of hydrogen-bond donors (Lipinski definition) is 2. The highest BCUT2D eigenvalue weighted by Gasteiger charge is 2.39. The molecule has 0 amide bonds. The Hall–Kier alpha value is -1.35. The van der Waals surface area contributed by atoms with Crippen LogP contribution in [-0.2, 0) is 10.3 Å². The molecular weight excluding hydrogens is 226 g/mol. The molecule has 2 N–H and O–H groups in total. The van der Waals surface area contributed by atoms with Crippen molar-refractivity contribution >= 4 is 5.97 Å². The number of carboxylic acid groups (broad SMARTS) is 1. The normalized spacial score (nSPS) is 18.3. The van der Waals surface area contributed by atoms with E-state index in [0.717, 1.165) is 17.7 Å². The summed E-state index contributed by atoms with van der Waals surface area (Å²) in [5.41, 5.74) is 1.07. The molecule has 0 bridgehead atoms. The van der Waals surface area contributed by atoms with Crippen LogP contribution in [0.4, 0.5) is 0 Å². The van der Waals surface area contributed by atoms with Crippen molar-refractivity contribution in [2.24, 2.45) is 5.92 Å². The first-order valence-corrected chi connectivity index (χ1v) is 6.64. The van der Waals surface area contributed by atoms with Gasteiger partial charge in [-0.05, 0) is 44.2 Å². The summed E-state index contributed by atoms with van der Waals surface area (Å²) in [5, 5.41) is 12.9. The third-order valence-electron chi connectivity index (χ3n) is 3.83. The molecule has 98 valence electrons.